The normalized spacial score (nSPS) is 12.8. The van der Waals surface area contributed by atoms with Gasteiger partial charge in [-0.1, -0.05) is 49.7 Å². The van der Waals surface area contributed by atoms with Gasteiger partial charge in [0.2, 0.25) is 0 Å². The van der Waals surface area contributed by atoms with Gasteiger partial charge in [-0.3, -0.25) is 4.31 Å². The quantitative estimate of drug-likeness (QED) is 0.849. The maximum Gasteiger partial charge on any atom is 0.327 e. The van der Waals surface area contributed by atoms with Crippen molar-refractivity contribution in [3.05, 3.63) is 59.7 Å². The number of para-hydroxylation sites is 1. The van der Waals surface area contributed by atoms with E-state index < -0.39 is 22.0 Å². The highest BCUT2D eigenvalue weighted by molar-refractivity contribution is 7.93. The number of rotatable bonds is 6. The number of aryl methyl sites for hydroxylation is 1. The van der Waals surface area contributed by atoms with Gasteiger partial charge >= 0.3 is 5.97 Å². The van der Waals surface area contributed by atoms with Gasteiger partial charge in [0, 0.05) is 0 Å². The molecule has 0 saturated carbocycles. The molecule has 0 spiro atoms. The number of carboxylic acid groups (broad SMARTS) is 1. The number of carbonyl (C=O) groups is 1. The van der Waals surface area contributed by atoms with E-state index in [-0.39, 0.29) is 10.8 Å². The molecule has 2 rings (SSSR count). The SMILES string of the molecule is Cc1ccc(S(=O)(=O)N(c2ccccc2C(C)C)C(C)C(=O)O)cc1. The van der Waals surface area contributed by atoms with E-state index >= 15 is 0 Å². The van der Waals surface area contributed by atoms with Crippen LogP contribution in [0.15, 0.2) is 53.4 Å². The standard InChI is InChI=1S/C19H23NO4S/c1-13(2)17-7-5-6-8-18(17)20(15(4)19(21)22)25(23,24)16-11-9-14(3)10-12-16/h5-13,15H,1-4H3,(H,21,22). The van der Waals surface area contributed by atoms with Crippen LogP contribution in [-0.4, -0.2) is 25.5 Å². The van der Waals surface area contributed by atoms with Gasteiger partial charge in [0.15, 0.2) is 0 Å². The van der Waals surface area contributed by atoms with E-state index in [9.17, 15) is 18.3 Å². The Labute approximate surface area is 149 Å². The number of carboxylic acids is 1. The van der Waals surface area contributed by atoms with E-state index in [1.807, 2.05) is 32.9 Å². The summed E-state index contributed by atoms with van der Waals surface area (Å²) in [5, 5.41) is 9.49. The molecule has 0 aliphatic heterocycles. The minimum Gasteiger partial charge on any atom is -0.480 e. The van der Waals surface area contributed by atoms with Gasteiger partial charge in [0.05, 0.1) is 10.6 Å². The minimum absolute atomic E-state index is 0.0490. The fourth-order valence-electron chi connectivity index (χ4n) is 2.65. The van der Waals surface area contributed by atoms with Crippen LogP contribution < -0.4 is 4.31 Å². The van der Waals surface area contributed by atoms with Gasteiger partial charge < -0.3 is 5.11 Å². The zero-order valence-corrected chi connectivity index (χ0v) is 15.6. The van der Waals surface area contributed by atoms with Crippen molar-refractivity contribution in [2.45, 2.75) is 44.6 Å². The van der Waals surface area contributed by atoms with Gasteiger partial charge in [0.1, 0.15) is 6.04 Å². The van der Waals surface area contributed by atoms with E-state index in [0.717, 1.165) is 15.4 Å². The summed E-state index contributed by atoms with van der Waals surface area (Å²) in [5.74, 6) is -1.15. The van der Waals surface area contributed by atoms with Crippen molar-refractivity contribution in [2.75, 3.05) is 4.31 Å². The molecule has 6 heteroatoms. The van der Waals surface area contributed by atoms with E-state index in [1.54, 1.807) is 24.3 Å². The molecule has 1 N–H and O–H groups in total. The van der Waals surface area contributed by atoms with E-state index in [0.29, 0.717) is 5.69 Å². The van der Waals surface area contributed by atoms with Crippen LogP contribution in [0.2, 0.25) is 0 Å². The first kappa shape index (κ1) is 19.0. The summed E-state index contributed by atoms with van der Waals surface area (Å²) in [5.41, 5.74) is 2.11. The van der Waals surface area contributed by atoms with Crippen LogP contribution in [0.5, 0.6) is 0 Å². The Morgan fingerprint density at radius 3 is 2.08 bits per heavy atom. The third-order valence-electron chi connectivity index (χ3n) is 4.08. The summed E-state index contributed by atoms with van der Waals surface area (Å²) in [6.45, 7) is 7.13. The molecule has 1 unspecified atom stereocenters. The Kier molecular flexibility index (Phi) is 5.52. The number of sulfonamides is 1. The van der Waals surface area contributed by atoms with Crippen LogP contribution in [-0.2, 0) is 14.8 Å². The second-order valence-corrected chi connectivity index (χ2v) is 8.16. The average Bonchev–Trinajstić information content (AvgIpc) is 2.55. The van der Waals surface area contributed by atoms with Gasteiger partial charge in [-0.2, -0.15) is 0 Å². The van der Waals surface area contributed by atoms with Gasteiger partial charge in [0.25, 0.3) is 10.0 Å². The molecule has 0 saturated heterocycles. The molecule has 0 fully saturated rings. The summed E-state index contributed by atoms with van der Waals surface area (Å²) in [4.78, 5) is 11.7. The smallest absolute Gasteiger partial charge is 0.327 e. The Balaban J connectivity index is 2.70. The third kappa shape index (κ3) is 3.85. The van der Waals surface area contributed by atoms with Crippen LogP contribution in [0.25, 0.3) is 0 Å². The Bertz CT molecular complexity index is 857. The molecule has 25 heavy (non-hydrogen) atoms. The monoisotopic (exact) mass is 361 g/mol. The summed E-state index contributed by atoms with van der Waals surface area (Å²) >= 11 is 0. The van der Waals surface area contributed by atoms with E-state index in [4.69, 9.17) is 0 Å². The number of aliphatic carboxylic acids is 1. The Hall–Kier alpha value is -2.34. The molecule has 0 aliphatic carbocycles. The highest BCUT2D eigenvalue weighted by Gasteiger charge is 2.34. The molecule has 0 heterocycles. The summed E-state index contributed by atoms with van der Waals surface area (Å²) in [6.07, 6.45) is 0. The summed E-state index contributed by atoms with van der Waals surface area (Å²) in [6, 6.07) is 12.2. The van der Waals surface area contributed by atoms with Gasteiger partial charge in [-0.05, 0) is 43.5 Å². The fourth-order valence-corrected chi connectivity index (χ4v) is 4.29. The van der Waals surface area contributed by atoms with Crippen LogP contribution >= 0.6 is 0 Å². The van der Waals surface area contributed by atoms with Gasteiger partial charge in [-0.25, -0.2) is 13.2 Å². The predicted molar refractivity (Wildman–Crippen MR) is 98.5 cm³/mol. The lowest BCUT2D eigenvalue weighted by molar-refractivity contribution is -0.137. The molecule has 0 bridgehead atoms. The summed E-state index contributed by atoms with van der Waals surface area (Å²) < 4.78 is 27.5. The molecule has 5 nitrogen and oxygen atoms in total. The first-order valence-corrected chi connectivity index (χ1v) is 9.53. The molecule has 2 aromatic rings. The van der Waals surface area contributed by atoms with Crippen molar-refractivity contribution in [1.82, 2.24) is 0 Å². The lowest BCUT2D eigenvalue weighted by Gasteiger charge is -2.30. The van der Waals surface area contributed by atoms with Crippen LogP contribution in [0.1, 0.15) is 37.8 Å². The third-order valence-corrected chi connectivity index (χ3v) is 5.98. The van der Waals surface area contributed by atoms with Crippen molar-refractivity contribution in [1.29, 1.82) is 0 Å². The predicted octanol–water partition coefficient (Wildman–Crippen LogP) is 3.79. The van der Waals surface area contributed by atoms with Crippen LogP contribution in [0, 0.1) is 6.92 Å². The molecule has 0 aliphatic rings. The molecular weight excluding hydrogens is 338 g/mol. The molecule has 134 valence electrons. The first-order valence-electron chi connectivity index (χ1n) is 8.09. The molecule has 0 aromatic heterocycles. The molecular formula is C19H23NO4S. The van der Waals surface area contributed by atoms with Crippen molar-refractivity contribution < 1.29 is 18.3 Å². The van der Waals surface area contributed by atoms with Crippen LogP contribution in [0.4, 0.5) is 5.69 Å². The molecule has 2 aromatic carbocycles. The number of hydrogen-bond acceptors (Lipinski definition) is 3. The van der Waals surface area contributed by atoms with Crippen LogP contribution in [0.3, 0.4) is 0 Å². The summed E-state index contributed by atoms with van der Waals surface area (Å²) in [7, 11) is -4.02. The Morgan fingerprint density at radius 1 is 1.00 bits per heavy atom. The minimum atomic E-state index is -4.02. The van der Waals surface area contributed by atoms with E-state index in [2.05, 4.69) is 0 Å². The maximum atomic E-state index is 13.2. The fraction of sp³-hybridized carbons (Fsp3) is 0.316. The zero-order chi connectivity index (χ0) is 18.8. The van der Waals surface area contributed by atoms with Crippen molar-refractivity contribution in [2.24, 2.45) is 0 Å². The molecule has 1 atom stereocenters. The van der Waals surface area contributed by atoms with Crippen molar-refractivity contribution in [3.8, 4) is 0 Å². The average molecular weight is 361 g/mol. The van der Waals surface area contributed by atoms with Gasteiger partial charge in [-0.15, -0.1) is 0 Å². The van der Waals surface area contributed by atoms with Crippen molar-refractivity contribution in [3.63, 3.8) is 0 Å². The number of anilines is 1. The topological polar surface area (TPSA) is 74.7 Å². The lowest BCUT2D eigenvalue weighted by Crippen LogP contribution is -2.44. The highest BCUT2D eigenvalue weighted by Crippen LogP contribution is 2.33. The molecule has 0 amide bonds. The second kappa shape index (κ2) is 7.27. The number of nitrogens with zero attached hydrogens (tertiary/aromatic N) is 1. The second-order valence-electron chi connectivity index (χ2n) is 6.34. The number of hydrogen-bond donors (Lipinski definition) is 1. The van der Waals surface area contributed by atoms with Crippen molar-refractivity contribution >= 4 is 21.7 Å². The first-order chi connectivity index (χ1) is 11.7. The highest BCUT2D eigenvalue weighted by atomic mass is 32.2. The lowest BCUT2D eigenvalue weighted by atomic mass is 10.0. The zero-order valence-electron chi connectivity index (χ0n) is 14.8. The number of benzene rings is 2. The van der Waals surface area contributed by atoms with E-state index in [1.165, 1.54) is 19.1 Å². The maximum absolute atomic E-state index is 13.2. The Morgan fingerprint density at radius 2 is 1.56 bits per heavy atom. The molecule has 0 radical (unpaired) electrons. The largest absolute Gasteiger partial charge is 0.480 e.